The number of hydrogen-bond acceptors (Lipinski definition) is 3. The molecule has 2 heterocycles. The van der Waals surface area contributed by atoms with Gasteiger partial charge < -0.3 is 5.11 Å². The summed E-state index contributed by atoms with van der Waals surface area (Å²) in [5, 5.41) is 9.68. The van der Waals surface area contributed by atoms with E-state index in [0.717, 1.165) is 18.7 Å². The molecule has 1 N–H and O–H groups in total. The van der Waals surface area contributed by atoms with Gasteiger partial charge in [0.05, 0.1) is 0 Å². The molecule has 0 amide bonds. The molecular formula is C16H22N2O2. The predicted molar refractivity (Wildman–Crippen MR) is 77.6 cm³/mol. The third-order valence-corrected chi connectivity index (χ3v) is 4.67. The molecule has 2 aliphatic heterocycles. The van der Waals surface area contributed by atoms with E-state index >= 15 is 0 Å². The molecule has 3 rings (SSSR count). The van der Waals surface area contributed by atoms with Crippen LogP contribution < -0.4 is 0 Å². The second kappa shape index (κ2) is 5.54. The standard InChI is InChI=1S/C16H22N2O2/c1-12-10-17-9-5-8-14(17)11-18(12)15(16(19)20)13-6-3-2-4-7-13/h2-4,6-7,12,14-15H,5,8-11H2,1H3,(H,19,20). The molecule has 108 valence electrons. The highest BCUT2D eigenvalue weighted by atomic mass is 16.4. The van der Waals surface area contributed by atoms with E-state index < -0.39 is 12.0 Å². The van der Waals surface area contributed by atoms with Gasteiger partial charge in [-0.15, -0.1) is 0 Å². The number of benzene rings is 1. The first-order chi connectivity index (χ1) is 9.66. The zero-order valence-electron chi connectivity index (χ0n) is 11.9. The Morgan fingerprint density at radius 3 is 2.75 bits per heavy atom. The van der Waals surface area contributed by atoms with Gasteiger partial charge in [-0.25, -0.2) is 0 Å². The summed E-state index contributed by atoms with van der Waals surface area (Å²) in [5.74, 6) is -0.741. The van der Waals surface area contributed by atoms with Crippen molar-refractivity contribution >= 4 is 5.97 Å². The van der Waals surface area contributed by atoms with Crippen LogP contribution in [0.2, 0.25) is 0 Å². The van der Waals surface area contributed by atoms with Gasteiger partial charge in [-0.1, -0.05) is 30.3 Å². The number of piperazine rings is 1. The van der Waals surface area contributed by atoms with Gasteiger partial charge in [0.15, 0.2) is 0 Å². The lowest BCUT2D eigenvalue weighted by Crippen LogP contribution is -2.56. The molecule has 0 radical (unpaired) electrons. The molecule has 1 aromatic carbocycles. The van der Waals surface area contributed by atoms with Crippen molar-refractivity contribution < 1.29 is 9.90 Å². The summed E-state index contributed by atoms with van der Waals surface area (Å²) in [6.07, 6.45) is 2.44. The zero-order chi connectivity index (χ0) is 14.1. The average Bonchev–Trinajstić information content (AvgIpc) is 2.87. The van der Waals surface area contributed by atoms with Crippen molar-refractivity contribution in [3.05, 3.63) is 35.9 Å². The number of aliphatic carboxylic acids is 1. The largest absolute Gasteiger partial charge is 0.480 e. The maximum absolute atomic E-state index is 11.8. The first-order valence-corrected chi connectivity index (χ1v) is 7.44. The lowest BCUT2D eigenvalue weighted by atomic mass is 9.99. The Hall–Kier alpha value is -1.39. The van der Waals surface area contributed by atoms with Crippen LogP contribution in [0, 0.1) is 0 Å². The Balaban J connectivity index is 1.86. The monoisotopic (exact) mass is 274 g/mol. The van der Waals surface area contributed by atoms with Crippen molar-refractivity contribution in [3.8, 4) is 0 Å². The first kappa shape index (κ1) is 13.6. The Morgan fingerprint density at radius 1 is 1.30 bits per heavy atom. The lowest BCUT2D eigenvalue weighted by Gasteiger charge is -2.44. The fourth-order valence-electron chi connectivity index (χ4n) is 3.68. The molecule has 0 aromatic heterocycles. The normalized spacial score (nSPS) is 29.1. The minimum Gasteiger partial charge on any atom is -0.480 e. The van der Waals surface area contributed by atoms with E-state index in [2.05, 4.69) is 16.7 Å². The van der Waals surface area contributed by atoms with Gasteiger partial charge in [0, 0.05) is 25.2 Å². The molecule has 0 bridgehead atoms. The van der Waals surface area contributed by atoms with Gasteiger partial charge in [-0.2, -0.15) is 0 Å². The number of carboxylic acids is 1. The van der Waals surface area contributed by atoms with Crippen LogP contribution in [0.1, 0.15) is 31.4 Å². The number of fused-ring (bicyclic) bond motifs is 1. The molecule has 2 fully saturated rings. The fourth-order valence-corrected chi connectivity index (χ4v) is 3.68. The molecule has 0 saturated carbocycles. The van der Waals surface area contributed by atoms with Crippen LogP contribution in [0.15, 0.2) is 30.3 Å². The smallest absolute Gasteiger partial charge is 0.325 e. The second-order valence-corrected chi connectivity index (χ2v) is 5.99. The van der Waals surface area contributed by atoms with Crippen molar-refractivity contribution in [1.82, 2.24) is 9.80 Å². The maximum atomic E-state index is 11.8. The summed E-state index contributed by atoms with van der Waals surface area (Å²) in [6.45, 7) is 5.17. The topological polar surface area (TPSA) is 43.8 Å². The highest BCUT2D eigenvalue weighted by Gasteiger charge is 2.40. The number of hydrogen-bond donors (Lipinski definition) is 1. The average molecular weight is 274 g/mol. The molecule has 20 heavy (non-hydrogen) atoms. The number of carboxylic acid groups (broad SMARTS) is 1. The second-order valence-electron chi connectivity index (χ2n) is 5.99. The summed E-state index contributed by atoms with van der Waals surface area (Å²) in [4.78, 5) is 16.5. The van der Waals surface area contributed by atoms with Gasteiger partial charge >= 0.3 is 5.97 Å². The third-order valence-electron chi connectivity index (χ3n) is 4.67. The molecule has 4 heteroatoms. The van der Waals surface area contributed by atoms with Crippen LogP contribution in [0.3, 0.4) is 0 Å². The number of carbonyl (C=O) groups is 1. The number of rotatable bonds is 3. The summed E-state index contributed by atoms with van der Waals surface area (Å²) in [6, 6.07) is 9.92. The molecular weight excluding hydrogens is 252 g/mol. The lowest BCUT2D eigenvalue weighted by molar-refractivity contribution is -0.146. The summed E-state index contributed by atoms with van der Waals surface area (Å²) in [5.41, 5.74) is 0.887. The van der Waals surface area contributed by atoms with E-state index in [-0.39, 0.29) is 6.04 Å². The molecule has 3 unspecified atom stereocenters. The van der Waals surface area contributed by atoms with Crippen molar-refractivity contribution in [3.63, 3.8) is 0 Å². The van der Waals surface area contributed by atoms with Gasteiger partial charge in [0.1, 0.15) is 6.04 Å². The van der Waals surface area contributed by atoms with Crippen LogP contribution in [-0.2, 0) is 4.79 Å². The summed E-state index contributed by atoms with van der Waals surface area (Å²) < 4.78 is 0. The van der Waals surface area contributed by atoms with Gasteiger partial charge in [0.25, 0.3) is 0 Å². The molecule has 4 nitrogen and oxygen atoms in total. The van der Waals surface area contributed by atoms with Crippen molar-refractivity contribution in [1.29, 1.82) is 0 Å². The Labute approximate surface area is 120 Å². The van der Waals surface area contributed by atoms with Gasteiger partial charge in [-0.05, 0) is 31.9 Å². The third kappa shape index (κ3) is 2.45. The van der Waals surface area contributed by atoms with Gasteiger partial charge in [0.2, 0.25) is 0 Å². The molecule has 2 saturated heterocycles. The van der Waals surface area contributed by atoms with E-state index in [0.29, 0.717) is 6.04 Å². The Bertz CT molecular complexity index is 477. The molecule has 0 spiro atoms. The Morgan fingerprint density at radius 2 is 2.05 bits per heavy atom. The number of nitrogens with zero attached hydrogens (tertiary/aromatic N) is 2. The zero-order valence-corrected chi connectivity index (χ0v) is 11.9. The van der Waals surface area contributed by atoms with Crippen LogP contribution in [0.5, 0.6) is 0 Å². The van der Waals surface area contributed by atoms with E-state index in [1.165, 1.54) is 19.4 Å². The highest BCUT2D eigenvalue weighted by Crippen LogP contribution is 2.31. The van der Waals surface area contributed by atoms with E-state index in [1.54, 1.807) is 0 Å². The van der Waals surface area contributed by atoms with Crippen LogP contribution in [0.25, 0.3) is 0 Å². The molecule has 0 aliphatic carbocycles. The van der Waals surface area contributed by atoms with Gasteiger partial charge in [-0.3, -0.25) is 14.6 Å². The quantitative estimate of drug-likeness (QED) is 0.915. The Kier molecular flexibility index (Phi) is 3.76. The maximum Gasteiger partial charge on any atom is 0.325 e. The predicted octanol–water partition coefficient (Wildman–Crippen LogP) is 1.98. The summed E-state index contributed by atoms with van der Waals surface area (Å²) in [7, 11) is 0. The van der Waals surface area contributed by atoms with E-state index in [1.807, 2.05) is 30.3 Å². The summed E-state index contributed by atoms with van der Waals surface area (Å²) >= 11 is 0. The SMILES string of the molecule is CC1CN2CCCC2CN1C(C(=O)O)c1ccccc1. The van der Waals surface area contributed by atoms with Crippen LogP contribution in [-0.4, -0.2) is 52.6 Å². The van der Waals surface area contributed by atoms with E-state index in [4.69, 9.17) is 0 Å². The minimum absolute atomic E-state index is 0.283. The first-order valence-electron chi connectivity index (χ1n) is 7.44. The molecule has 3 atom stereocenters. The van der Waals surface area contributed by atoms with Crippen molar-refractivity contribution in [2.24, 2.45) is 0 Å². The minimum atomic E-state index is -0.741. The molecule has 1 aromatic rings. The van der Waals surface area contributed by atoms with Crippen LogP contribution >= 0.6 is 0 Å². The van der Waals surface area contributed by atoms with Crippen LogP contribution in [0.4, 0.5) is 0 Å². The van der Waals surface area contributed by atoms with E-state index in [9.17, 15) is 9.90 Å². The fraction of sp³-hybridized carbons (Fsp3) is 0.562. The molecule has 2 aliphatic rings. The van der Waals surface area contributed by atoms with Crippen molar-refractivity contribution in [2.45, 2.75) is 37.9 Å². The highest BCUT2D eigenvalue weighted by molar-refractivity contribution is 5.75. The van der Waals surface area contributed by atoms with Crippen molar-refractivity contribution in [2.75, 3.05) is 19.6 Å².